The first kappa shape index (κ1) is 29.5. The van der Waals surface area contributed by atoms with Crippen molar-refractivity contribution in [3.05, 3.63) is 166 Å². The molecule has 10 heteroatoms. The lowest BCUT2D eigenvalue weighted by Crippen LogP contribution is -2.19. The number of halogens is 1. The molecule has 0 aliphatic rings. The molecule has 0 aliphatic carbocycles. The number of amides is 1. The molecule has 8 nitrogen and oxygen atoms in total. The molecule has 1 N–H and O–H groups in total. The molecular formula is C35H26FN5O3S. The Bertz CT molecular complexity index is 1950. The molecule has 0 unspecified atom stereocenters. The van der Waals surface area contributed by atoms with Gasteiger partial charge < -0.3 is 10.1 Å². The van der Waals surface area contributed by atoms with Gasteiger partial charge in [-0.1, -0.05) is 42.1 Å². The van der Waals surface area contributed by atoms with Gasteiger partial charge in [0.15, 0.2) is 5.16 Å². The second kappa shape index (κ2) is 13.8. The molecule has 1 amide bonds. The Labute approximate surface area is 262 Å². The van der Waals surface area contributed by atoms with E-state index in [1.807, 2.05) is 34.9 Å². The topological polar surface area (TPSA) is 99.0 Å². The Morgan fingerprint density at radius 3 is 2.22 bits per heavy atom. The summed E-state index contributed by atoms with van der Waals surface area (Å²) in [6.45, 7) is 0. The first-order valence-electron chi connectivity index (χ1n) is 14.0. The van der Waals surface area contributed by atoms with Crippen LogP contribution < -0.4 is 15.6 Å². The van der Waals surface area contributed by atoms with E-state index in [0.29, 0.717) is 45.6 Å². The number of aromatic nitrogens is 4. The van der Waals surface area contributed by atoms with Gasteiger partial charge in [0.1, 0.15) is 23.6 Å². The molecule has 222 valence electrons. The first-order valence-corrected chi connectivity index (χ1v) is 15.0. The predicted molar refractivity (Wildman–Crippen MR) is 172 cm³/mol. The summed E-state index contributed by atoms with van der Waals surface area (Å²) in [7, 11) is 0. The molecule has 2 aromatic heterocycles. The number of hydrogen-bond acceptors (Lipinski definition) is 7. The molecule has 4 aromatic carbocycles. The van der Waals surface area contributed by atoms with Gasteiger partial charge in [0, 0.05) is 53.3 Å². The van der Waals surface area contributed by atoms with Crippen LogP contribution in [-0.4, -0.2) is 25.4 Å². The zero-order valence-electron chi connectivity index (χ0n) is 23.8. The lowest BCUT2D eigenvalue weighted by Gasteiger charge is -2.15. The van der Waals surface area contributed by atoms with Crippen molar-refractivity contribution in [2.24, 2.45) is 0 Å². The van der Waals surface area contributed by atoms with Crippen LogP contribution in [0.15, 0.2) is 138 Å². The van der Waals surface area contributed by atoms with Gasteiger partial charge in [0.25, 0.3) is 11.5 Å². The summed E-state index contributed by atoms with van der Waals surface area (Å²) in [5.41, 5.74) is 3.59. The number of nitrogens with one attached hydrogen (secondary N) is 1. The third-order valence-corrected chi connectivity index (χ3v) is 7.78. The fourth-order valence-corrected chi connectivity index (χ4v) is 5.40. The van der Waals surface area contributed by atoms with E-state index >= 15 is 0 Å². The molecule has 0 radical (unpaired) electrons. The van der Waals surface area contributed by atoms with Gasteiger partial charge in [-0.3, -0.25) is 14.2 Å². The number of benzene rings is 4. The highest BCUT2D eigenvalue weighted by Gasteiger charge is 2.14. The highest BCUT2D eigenvalue weighted by atomic mass is 32.2. The Balaban J connectivity index is 1.21. The number of anilines is 1. The van der Waals surface area contributed by atoms with Crippen LogP contribution in [0, 0.1) is 5.82 Å². The van der Waals surface area contributed by atoms with Gasteiger partial charge in [0.2, 0.25) is 0 Å². The van der Waals surface area contributed by atoms with Gasteiger partial charge >= 0.3 is 0 Å². The van der Waals surface area contributed by atoms with E-state index < -0.39 is 0 Å². The zero-order chi connectivity index (χ0) is 31.0. The quantitative estimate of drug-likeness (QED) is 0.130. The van der Waals surface area contributed by atoms with Gasteiger partial charge in [-0.2, -0.15) is 4.98 Å². The number of ether oxygens (including phenoxy) is 1. The van der Waals surface area contributed by atoms with Crippen molar-refractivity contribution in [1.29, 1.82) is 0 Å². The number of carbonyl (C=O) groups excluding carboxylic acids is 1. The maximum atomic E-state index is 13.4. The van der Waals surface area contributed by atoms with Gasteiger partial charge in [-0.15, -0.1) is 0 Å². The van der Waals surface area contributed by atoms with E-state index in [2.05, 4.69) is 20.3 Å². The van der Waals surface area contributed by atoms with E-state index in [4.69, 9.17) is 4.74 Å². The van der Waals surface area contributed by atoms with Crippen molar-refractivity contribution in [2.45, 2.75) is 17.3 Å². The van der Waals surface area contributed by atoms with Crippen molar-refractivity contribution >= 4 is 23.4 Å². The second-order valence-electron chi connectivity index (χ2n) is 10.0. The molecule has 0 bridgehead atoms. The average Bonchev–Trinajstić information content (AvgIpc) is 3.07. The number of para-hydroxylation sites is 1. The maximum Gasteiger partial charge on any atom is 0.277 e. The molecule has 0 saturated heterocycles. The zero-order valence-corrected chi connectivity index (χ0v) is 24.7. The Kier molecular flexibility index (Phi) is 9.03. The summed E-state index contributed by atoms with van der Waals surface area (Å²) in [5, 5.41) is 3.37. The van der Waals surface area contributed by atoms with Crippen LogP contribution in [0.4, 0.5) is 10.1 Å². The highest BCUT2D eigenvalue weighted by Crippen LogP contribution is 2.26. The number of carbonyl (C=O) groups is 1. The van der Waals surface area contributed by atoms with E-state index in [1.54, 1.807) is 79.3 Å². The van der Waals surface area contributed by atoms with E-state index in [1.165, 1.54) is 30.2 Å². The fraction of sp³-hybridized carbons (Fsp3) is 0.0571. The first-order chi connectivity index (χ1) is 22.0. The summed E-state index contributed by atoms with van der Waals surface area (Å²) in [6, 6.07) is 29.8. The van der Waals surface area contributed by atoms with Gasteiger partial charge in [-0.25, -0.2) is 14.4 Å². The van der Waals surface area contributed by atoms with Crippen LogP contribution in [0.5, 0.6) is 11.5 Å². The number of thioether (sulfide) groups is 1. The molecule has 0 aliphatic heterocycles. The number of nitrogens with zero attached hydrogens (tertiary/aromatic N) is 4. The molecule has 45 heavy (non-hydrogen) atoms. The van der Waals surface area contributed by atoms with Gasteiger partial charge in [0.05, 0.1) is 0 Å². The molecule has 0 saturated carbocycles. The van der Waals surface area contributed by atoms with Crippen molar-refractivity contribution in [2.75, 3.05) is 5.32 Å². The van der Waals surface area contributed by atoms with Crippen LogP contribution in [0.25, 0.3) is 5.69 Å². The standard InChI is InChI=1S/C35H26FN5O3S/c36-28-10-6-24(7-11-28)22-45-35-40-34(43)27(18-25-19-37-23-38-20-25)21-41(35)30-14-8-26(9-15-30)33(42)39-29-12-16-32(17-13-29)44-31-4-2-1-3-5-31/h1-17,19-21,23H,18,22H2,(H,39,42). The average molecular weight is 616 g/mol. The minimum Gasteiger partial charge on any atom is -0.457 e. The van der Waals surface area contributed by atoms with Crippen LogP contribution >= 0.6 is 11.8 Å². The molecule has 6 rings (SSSR count). The van der Waals surface area contributed by atoms with Crippen LogP contribution in [0.2, 0.25) is 0 Å². The van der Waals surface area contributed by atoms with Crippen molar-refractivity contribution in [3.63, 3.8) is 0 Å². The maximum absolute atomic E-state index is 13.4. The summed E-state index contributed by atoms with van der Waals surface area (Å²) in [4.78, 5) is 38.5. The highest BCUT2D eigenvalue weighted by molar-refractivity contribution is 7.98. The third kappa shape index (κ3) is 7.67. The van der Waals surface area contributed by atoms with E-state index in [9.17, 15) is 14.0 Å². The lowest BCUT2D eigenvalue weighted by atomic mass is 10.1. The Hall–Kier alpha value is -5.61. The van der Waals surface area contributed by atoms with Crippen molar-refractivity contribution in [3.8, 4) is 17.2 Å². The molecule has 0 spiro atoms. The lowest BCUT2D eigenvalue weighted by molar-refractivity contribution is 0.102. The van der Waals surface area contributed by atoms with Crippen LogP contribution in [-0.2, 0) is 12.2 Å². The summed E-state index contributed by atoms with van der Waals surface area (Å²) >= 11 is 1.36. The molecule has 2 heterocycles. The number of hydrogen-bond donors (Lipinski definition) is 1. The van der Waals surface area contributed by atoms with E-state index in [0.717, 1.165) is 16.9 Å². The van der Waals surface area contributed by atoms with Crippen LogP contribution in [0.1, 0.15) is 27.0 Å². The fourth-order valence-electron chi connectivity index (χ4n) is 4.46. The number of rotatable bonds is 10. The summed E-state index contributed by atoms with van der Waals surface area (Å²) in [5.74, 6) is 1.28. The predicted octanol–water partition coefficient (Wildman–Crippen LogP) is 7.09. The minimum absolute atomic E-state index is 0.271. The molecule has 0 fully saturated rings. The van der Waals surface area contributed by atoms with Crippen LogP contribution in [0.3, 0.4) is 0 Å². The second-order valence-corrected chi connectivity index (χ2v) is 10.9. The minimum atomic E-state index is -0.354. The monoisotopic (exact) mass is 615 g/mol. The third-order valence-electron chi connectivity index (χ3n) is 6.75. The summed E-state index contributed by atoms with van der Waals surface area (Å²) in [6.07, 6.45) is 6.81. The largest absolute Gasteiger partial charge is 0.457 e. The Morgan fingerprint density at radius 1 is 0.822 bits per heavy atom. The molecule has 6 aromatic rings. The smallest absolute Gasteiger partial charge is 0.277 e. The summed E-state index contributed by atoms with van der Waals surface area (Å²) < 4.78 is 21.0. The van der Waals surface area contributed by atoms with Crippen molar-refractivity contribution in [1.82, 2.24) is 19.5 Å². The molecule has 0 atom stereocenters. The van der Waals surface area contributed by atoms with Crippen molar-refractivity contribution < 1.29 is 13.9 Å². The van der Waals surface area contributed by atoms with Gasteiger partial charge in [-0.05, 0) is 83.9 Å². The van der Waals surface area contributed by atoms with E-state index in [-0.39, 0.29) is 17.3 Å². The SMILES string of the molecule is O=C(Nc1ccc(Oc2ccccc2)cc1)c1ccc(-n2cc(Cc3cncnc3)c(=O)nc2SCc2ccc(F)cc2)cc1. The molecular weight excluding hydrogens is 589 g/mol. The normalized spacial score (nSPS) is 10.8. The Morgan fingerprint density at radius 2 is 1.51 bits per heavy atom.